The van der Waals surface area contributed by atoms with E-state index in [0.717, 1.165) is 18.8 Å². The summed E-state index contributed by atoms with van der Waals surface area (Å²) in [6.07, 6.45) is 1.24. The maximum absolute atomic E-state index is 3.53. The molecule has 0 aliphatic carbocycles. The highest BCUT2D eigenvalue weighted by Gasteiger charge is 2.08. The van der Waals surface area contributed by atoms with Crippen LogP contribution in [0.15, 0.2) is 23.1 Å². The minimum absolute atomic E-state index is 0.438. The summed E-state index contributed by atoms with van der Waals surface area (Å²) in [4.78, 5) is 1.42. The number of nitrogens with one attached hydrogen (secondary N) is 1. The molecular formula is C16H27NS. The van der Waals surface area contributed by atoms with Crippen molar-refractivity contribution in [2.75, 3.05) is 18.8 Å². The van der Waals surface area contributed by atoms with Gasteiger partial charge in [0.1, 0.15) is 0 Å². The van der Waals surface area contributed by atoms with Crippen molar-refractivity contribution in [2.45, 2.75) is 45.9 Å². The van der Waals surface area contributed by atoms with Crippen LogP contribution >= 0.6 is 11.8 Å². The van der Waals surface area contributed by atoms with E-state index in [2.05, 4.69) is 58.1 Å². The van der Waals surface area contributed by atoms with Gasteiger partial charge >= 0.3 is 0 Å². The zero-order valence-electron chi connectivity index (χ0n) is 12.5. The summed E-state index contributed by atoms with van der Waals surface area (Å²) in [5, 5.41) is 3.53. The third-order valence-electron chi connectivity index (χ3n) is 2.93. The van der Waals surface area contributed by atoms with Crippen molar-refractivity contribution in [1.82, 2.24) is 5.32 Å². The fraction of sp³-hybridized carbons (Fsp3) is 0.625. The van der Waals surface area contributed by atoms with Gasteiger partial charge in [-0.1, -0.05) is 38.5 Å². The molecular weight excluding hydrogens is 238 g/mol. The summed E-state index contributed by atoms with van der Waals surface area (Å²) in [5.41, 5.74) is 3.18. The van der Waals surface area contributed by atoms with E-state index in [4.69, 9.17) is 0 Å². The monoisotopic (exact) mass is 265 g/mol. The zero-order chi connectivity index (χ0) is 13.6. The molecule has 0 spiro atoms. The highest BCUT2D eigenvalue weighted by atomic mass is 32.2. The van der Waals surface area contributed by atoms with Crippen LogP contribution in [0.4, 0.5) is 0 Å². The first-order chi connectivity index (χ1) is 8.38. The van der Waals surface area contributed by atoms with Gasteiger partial charge in [0.15, 0.2) is 0 Å². The molecule has 0 amide bonds. The number of benzene rings is 1. The predicted molar refractivity (Wildman–Crippen MR) is 83.6 cm³/mol. The first kappa shape index (κ1) is 15.6. The smallest absolute Gasteiger partial charge is 0.0106 e. The molecule has 2 heteroatoms. The van der Waals surface area contributed by atoms with Gasteiger partial charge in [-0.25, -0.2) is 0 Å². The minimum atomic E-state index is 0.438. The Hall–Kier alpha value is -0.470. The molecule has 0 unspecified atom stereocenters. The lowest BCUT2D eigenvalue weighted by Gasteiger charge is -2.18. The average Bonchev–Trinajstić information content (AvgIpc) is 2.26. The normalized spacial score (nSPS) is 11.8. The van der Waals surface area contributed by atoms with Gasteiger partial charge in [0.2, 0.25) is 0 Å². The van der Waals surface area contributed by atoms with Crippen molar-refractivity contribution >= 4 is 11.8 Å². The quantitative estimate of drug-likeness (QED) is 0.603. The Labute approximate surface area is 117 Å². The van der Waals surface area contributed by atoms with Gasteiger partial charge in [-0.15, -0.1) is 11.8 Å². The molecule has 102 valence electrons. The van der Waals surface area contributed by atoms with Crippen molar-refractivity contribution in [1.29, 1.82) is 0 Å². The second-order valence-electron chi connectivity index (χ2n) is 6.18. The van der Waals surface area contributed by atoms with E-state index in [9.17, 15) is 0 Å². The summed E-state index contributed by atoms with van der Waals surface area (Å²) in [7, 11) is 0. The number of rotatable bonds is 6. The summed E-state index contributed by atoms with van der Waals surface area (Å²) >= 11 is 1.96. The molecule has 1 N–H and O–H groups in total. The van der Waals surface area contributed by atoms with E-state index in [1.165, 1.54) is 22.4 Å². The van der Waals surface area contributed by atoms with E-state index >= 15 is 0 Å². The zero-order valence-corrected chi connectivity index (χ0v) is 13.3. The second-order valence-corrected chi connectivity index (χ2v) is 7.31. The fourth-order valence-corrected chi connectivity index (χ4v) is 2.72. The Bertz CT molecular complexity index is 366. The van der Waals surface area contributed by atoms with Crippen molar-refractivity contribution in [3.8, 4) is 0 Å². The summed E-state index contributed by atoms with van der Waals surface area (Å²) < 4.78 is 0. The molecule has 18 heavy (non-hydrogen) atoms. The van der Waals surface area contributed by atoms with Gasteiger partial charge in [0.25, 0.3) is 0 Å². The van der Waals surface area contributed by atoms with Crippen LogP contribution in [-0.2, 0) is 0 Å². The molecule has 1 aromatic rings. The molecule has 1 aromatic carbocycles. The Kier molecular flexibility index (Phi) is 6.24. The summed E-state index contributed by atoms with van der Waals surface area (Å²) in [6, 6.07) is 6.68. The maximum atomic E-state index is 3.53. The van der Waals surface area contributed by atoms with Crippen LogP contribution in [0.3, 0.4) is 0 Å². The topological polar surface area (TPSA) is 12.0 Å². The van der Waals surface area contributed by atoms with Gasteiger partial charge in [-0.2, -0.15) is 0 Å². The molecule has 1 rings (SSSR count). The van der Waals surface area contributed by atoms with Crippen LogP contribution in [0, 0.1) is 19.3 Å². The van der Waals surface area contributed by atoms with E-state index < -0.39 is 0 Å². The molecule has 1 nitrogen and oxygen atoms in total. The molecule has 0 aliphatic rings. The van der Waals surface area contributed by atoms with Gasteiger partial charge in [0, 0.05) is 17.2 Å². The van der Waals surface area contributed by atoms with Crippen LogP contribution in [0.25, 0.3) is 0 Å². The first-order valence-electron chi connectivity index (χ1n) is 6.79. The maximum Gasteiger partial charge on any atom is 0.0106 e. The van der Waals surface area contributed by atoms with E-state index in [-0.39, 0.29) is 0 Å². The Balaban J connectivity index is 2.20. The average molecular weight is 265 g/mol. The Morgan fingerprint density at radius 1 is 1.11 bits per heavy atom. The van der Waals surface area contributed by atoms with Crippen LogP contribution in [0.2, 0.25) is 0 Å². The highest BCUT2D eigenvalue weighted by molar-refractivity contribution is 7.99. The minimum Gasteiger partial charge on any atom is -0.316 e. The molecule has 0 saturated heterocycles. The van der Waals surface area contributed by atoms with Crippen LogP contribution in [-0.4, -0.2) is 18.8 Å². The highest BCUT2D eigenvalue weighted by Crippen LogP contribution is 2.23. The third-order valence-corrected chi connectivity index (χ3v) is 4.09. The SMILES string of the molecule is Cc1ccc(C)c(SCCNCCC(C)(C)C)c1. The lowest BCUT2D eigenvalue weighted by molar-refractivity contribution is 0.369. The Morgan fingerprint density at radius 3 is 2.50 bits per heavy atom. The van der Waals surface area contributed by atoms with Gasteiger partial charge in [0.05, 0.1) is 0 Å². The summed E-state index contributed by atoms with van der Waals surface area (Å²) in [5.74, 6) is 1.15. The summed E-state index contributed by atoms with van der Waals surface area (Å²) in [6.45, 7) is 13.4. The van der Waals surface area contributed by atoms with Crippen molar-refractivity contribution in [3.05, 3.63) is 29.3 Å². The Morgan fingerprint density at radius 2 is 1.83 bits per heavy atom. The largest absolute Gasteiger partial charge is 0.316 e. The van der Waals surface area contributed by atoms with E-state index in [0.29, 0.717) is 5.41 Å². The molecule has 0 fully saturated rings. The van der Waals surface area contributed by atoms with Crippen molar-refractivity contribution < 1.29 is 0 Å². The molecule has 0 aromatic heterocycles. The molecule has 0 radical (unpaired) electrons. The third kappa shape index (κ3) is 6.46. The first-order valence-corrected chi connectivity index (χ1v) is 7.78. The molecule has 0 bridgehead atoms. The van der Waals surface area contributed by atoms with Gasteiger partial charge < -0.3 is 5.32 Å². The van der Waals surface area contributed by atoms with Gasteiger partial charge in [-0.05, 0) is 43.9 Å². The lowest BCUT2D eigenvalue weighted by atomic mass is 9.92. The molecule has 0 heterocycles. The molecule has 0 saturated carbocycles. The number of hydrogen-bond acceptors (Lipinski definition) is 2. The van der Waals surface area contributed by atoms with E-state index in [1.54, 1.807) is 0 Å². The lowest BCUT2D eigenvalue weighted by Crippen LogP contribution is -2.22. The van der Waals surface area contributed by atoms with Crippen LogP contribution in [0.5, 0.6) is 0 Å². The van der Waals surface area contributed by atoms with Crippen molar-refractivity contribution in [2.24, 2.45) is 5.41 Å². The standard InChI is InChI=1S/C16H27NS/c1-13-6-7-14(2)15(12-13)18-11-10-17-9-8-16(3,4)5/h6-7,12,17H,8-11H2,1-5H3. The number of thioether (sulfide) groups is 1. The second kappa shape index (κ2) is 7.20. The molecule has 0 aliphatic heterocycles. The predicted octanol–water partition coefficient (Wildman–Crippen LogP) is 4.42. The van der Waals surface area contributed by atoms with Crippen LogP contribution < -0.4 is 5.32 Å². The fourth-order valence-electron chi connectivity index (χ4n) is 1.68. The van der Waals surface area contributed by atoms with Crippen LogP contribution in [0.1, 0.15) is 38.3 Å². The van der Waals surface area contributed by atoms with E-state index in [1.807, 2.05) is 11.8 Å². The number of aryl methyl sites for hydroxylation is 2. The van der Waals surface area contributed by atoms with Gasteiger partial charge in [-0.3, -0.25) is 0 Å². The number of hydrogen-bond donors (Lipinski definition) is 1. The van der Waals surface area contributed by atoms with Crippen molar-refractivity contribution in [3.63, 3.8) is 0 Å². The molecule has 0 atom stereocenters.